The molecule has 0 aromatic carbocycles. The first-order chi connectivity index (χ1) is 11.3. The van der Waals surface area contributed by atoms with Gasteiger partial charge in [-0.2, -0.15) is 0 Å². The predicted octanol–water partition coefficient (Wildman–Crippen LogP) is -0.169. The minimum atomic E-state index is -0.635. The highest BCUT2D eigenvalue weighted by atomic mass is 16.5. The lowest BCUT2D eigenvalue weighted by Crippen LogP contribution is -2.50. The van der Waals surface area contributed by atoms with E-state index in [1.54, 1.807) is 0 Å². The fourth-order valence-electron chi connectivity index (χ4n) is 2.94. The van der Waals surface area contributed by atoms with Crippen LogP contribution in [0.4, 0.5) is 5.82 Å². The van der Waals surface area contributed by atoms with E-state index in [4.69, 9.17) is 10.5 Å². The van der Waals surface area contributed by atoms with Crippen molar-refractivity contribution < 1.29 is 9.53 Å². The van der Waals surface area contributed by atoms with Crippen molar-refractivity contribution in [1.82, 2.24) is 14.0 Å². The van der Waals surface area contributed by atoms with E-state index >= 15 is 0 Å². The standard InChI is InChI=1S/C16H26N4O4/c1-5-6-20-14(17)13(15(22)18(4)16(20)23)12(21)8-19-7-11(3)24-9-10(19)2/h10-11H,5-9,17H2,1-4H3/t10-,11+/m0/s1. The van der Waals surface area contributed by atoms with Gasteiger partial charge in [0.2, 0.25) is 0 Å². The van der Waals surface area contributed by atoms with Crippen LogP contribution in [0.3, 0.4) is 0 Å². The van der Waals surface area contributed by atoms with Crippen molar-refractivity contribution in [3.63, 3.8) is 0 Å². The summed E-state index contributed by atoms with van der Waals surface area (Å²) in [6.45, 7) is 7.41. The molecule has 0 saturated carbocycles. The molecule has 0 amide bonds. The third kappa shape index (κ3) is 3.44. The maximum absolute atomic E-state index is 12.7. The maximum atomic E-state index is 12.7. The average Bonchev–Trinajstić information content (AvgIpc) is 2.53. The molecule has 1 aliphatic rings. The van der Waals surface area contributed by atoms with Gasteiger partial charge in [-0.05, 0) is 20.3 Å². The summed E-state index contributed by atoms with van der Waals surface area (Å²) in [5, 5.41) is 0. The molecule has 134 valence electrons. The van der Waals surface area contributed by atoms with E-state index in [9.17, 15) is 14.4 Å². The van der Waals surface area contributed by atoms with Gasteiger partial charge in [-0.15, -0.1) is 0 Å². The minimum Gasteiger partial charge on any atom is -0.384 e. The summed E-state index contributed by atoms with van der Waals surface area (Å²) in [5.41, 5.74) is 4.76. The fraction of sp³-hybridized carbons (Fsp3) is 0.688. The molecule has 2 N–H and O–H groups in total. The van der Waals surface area contributed by atoms with Crippen molar-refractivity contribution in [1.29, 1.82) is 0 Å². The summed E-state index contributed by atoms with van der Waals surface area (Å²) < 4.78 is 7.79. The Morgan fingerprint density at radius 3 is 2.62 bits per heavy atom. The molecule has 1 aromatic rings. The smallest absolute Gasteiger partial charge is 0.332 e. The number of rotatable bonds is 5. The Kier molecular flexibility index (Phi) is 5.61. The molecule has 2 rings (SSSR count). The highest BCUT2D eigenvalue weighted by molar-refractivity contribution is 6.01. The molecule has 2 heterocycles. The van der Waals surface area contributed by atoms with Crippen molar-refractivity contribution >= 4 is 11.6 Å². The number of nitrogens with two attached hydrogens (primary N) is 1. The summed E-state index contributed by atoms with van der Waals surface area (Å²) >= 11 is 0. The Bertz CT molecular complexity index is 737. The van der Waals surface area contributed by atoms with Gasteiger partial charge in [0.05, 0.1) is 19.3 Å². The molecular formula is C16H26N4O4. The van der Waals surface area contributed by atoms with Crippen LogP contribution in [0.2, 0.25) is 0 Å². The number of hydrogen-bond acceptors (Lipinski definition) is 6. The second-order valence-corrected chi connectivity index (χ2v) is 6.40. The van der Waals surface area contributed by atoms with Crippen LogP contribution in [0.25, 0.3) is 0 Å². The van der Waals surface area contributed by atoms with Crippen LogP contribution in [0.15, 0.2) is 9.59 Å². The van der Waals surface area contributed by atoms with Crippen molar-refractivity contribution in [2.24, 2.45) is 7.05 Å². The summed E-state index contributed by atoms with van der Waals surface area (Å²) in [6, 6.07) is 0.0803. The van der Waals surface area contributed by atoms with Gasteiger partial charge in [0.15, 0.2) is 5.78 Å². The normalized spacial score (nSPS) is 21.8. The van der Waals surface area contributed by atoms with Gasteiger partial charge < -0.3 is 10.5 Å². The number of hydrogen-bond donors (Lipinski definition) is 1. The Morgan fingerprint density at radius 2 is 2.00 bits per heavy atom. The summed E-state index contributed by atoms with van der Waals surface area (Å²) in [4.78, 5) is 39.3. The summed E-state index contributed by atoms with van der Waals surface area (Å²) in [7, 11) is 1.37. The van der Waals surface area contributed by atoms with Crippen LogP contribution in [0.1, 0.15) is 37.6 Å². The average molecular weight is 338 g/mol. The van der Waals surface area contributed by atoms with Crippen LogP contribution in [-0.4, -0.2) is 51.7 Å². The first-order valence-corrected chi connectivity index (χ1v) is 8.26. The summed E-state index contributed by atoms with van der Waals surface area (Å²) in [5.74, 6) is -0.400. The van der Waals surface area contributed by atoms with Gasteiger partial charge in [-0.3, -0.25) is 23.6 Å². The van der Waals surface area contributed by atoms with E-state index in [1.807, 2.05) is 25.7 Å². The zero-order valence-electron chi connectivity index (χ0n) is 14.7. The van der Waals surface area contributed by atoms with Gasteiger partial charge in [0.25, 0.3) is 5.56 Å². The highest BCUT2D eigenvalue weighted by Gasteiger charge is 2.28. The first kappa shape index (κ1) is 18.4. The van der Waals surface area contributed by atoms with E-state index in [-0.39, 0.29) is 35.9 Å². The molecule has 0 spiro atoms. The number of ether oxygens (including phenoxy) is 1. The molecule has 1 fully saturated rings. The van der Waals surface area contributed by atoms with Gasteiger partial charge in [-0.25, -0.2) is 4.79 Å². The molecule has 1 saturated heterocycles. The lowest BCUT2D eigenvalue weighted by molar-refractivity contribution is -0.0460. The predicted molar refractivity (Wildman–Crippen MR) is 91.4 cm³/mol. The van der Waals surface area contributed by atoms with E-state index in [0.717, 1.165) is 4.57 Å². The lowest BCUT2D eigenvalue weighted by atomic mass is 10.1. The Labute approximate surface area is 140 Å². The van der Waals surface area contributed by atoms with Crippen LogP contribution in [0.5, 0.6) is 0 Å². The highest BCUT2D eigenvalue weighted by Crippen LogP contribution is 2.13. The molecule has 0 bridgehead atoms. The number of nitrogen functional groups attached to an aromatic ring is 1. The largest absolute Gasteiger partial charge is 0.384 e. The number of carbonyl (C=O) groups is 1. The second-order valence-electron chi connectivity index (χ2n) is 6.40. The fourth-order valence-corrected chi connectivity index (χ4v) is 2.94. The molecule has 0 unspecified atom stereocenters. The Balaban J connectivity index is 2.39. The molecule has 8 nitrogen and oxygen atoms in total. The third-order valence-corrected chi connectivity index (χ3v) is 4.39. The van der Waals surface area contributed by atoms with E-state index in [2.05, 4.69) is 0 Å². The molecule has 24 heavy (non-hydrogen) atoms. The van der Waals surface area contributed by atoms with Gasteiger partial charge >= 0.3 is 5.69 Å². The second kappa shape index (κ2) is 7.31. The van der Waals surface area contributed by atoms with Gasteiger partial charge in [0, 0.05) is 26.2 Å². The molecule has 0 aliphatic carbocycles. The topological polar surface area (TPSA) is 99.6 Å². The van der Waals surface area contributed by atoms with Crippen molar-refractivity contribution in [2.45, 2.75) is 45.9 Å². The van der Waals surface area contributed by atoms with Gasteiger partial charge in [-0.1, -0.05) is 6.92 Å². The van der Waals surface area contributed by atoms with Crippen LogP contribution < -0.4 is 17.0 Å². The van der Waals surface area contributed by atoms with Crippen molar-refractivity contribution in [3.8, 4) is 0 Å². The number of morpholine rings is 1. The Morgan fingerprint density at radius 1 is 1.33 bits per heavy atom. The van der Waals surface area contributed by atoms with Crippen molar-refractivity contribution in [3.05, 3.63) is 26.4 Å². The van der Waals surface area contributed by atoms with Crippen LogP contribution in [-0.2, 0) is 18.3 Å². The Hall–Kier alpha value is -1.93. The number of anilines is 1. The van der Waals surface area contributed by atoms with E-state index in [0.29, 0.717) is 26.1 Å². The van der Waals surface area contributed by atoms with Crippen LogP contribution in [0, 0.1) is 0 Å². The molecule has 1 aliphatic heterocycles. The number of nitrogens with zero attached hydrogens (tertiary/aromatic N) is 3. The zero-order valence-corrected chi connectivity index (χ0v) is 14.7. The molecule has 0 radical (unpaired) electrons. The number of carbonyl (C=O) groups excluding carboxylic acids is 1. The maximum Gasteiger partial charge on any atom is 0.332 e. The zero-order chi connectivity index (χ0) is 18.0. The molecular weight excluding hydrogens is 312 g/mol. The summed E-state index contributed by atoms with van der Waals surface area (Å²) in [6.07, 6.45) is 0.705. The van der Waals surface area contributed by atoms with Crippen LogP contribution >= 0.6 is 0 Å². The first-order valence-electron chi connectivity index (χ1n) is 8.26. The SMILES string of the molecule is CCCn1c(N)c(C(=O)CN2C[C@@H](C)OC[C@@H]2C)c(=O)n(C)c1=O. The molecule has 2 atom stereocenters. The number of aromatic nitrogens is 2. The number of Topliss-reactive ketones (excluding diaryl/α,β-unsaturated/α-hetero) is 1. The quantitative estimate of drug-likeness (QED) is 0.749. The monoisotopic (exact) mass is 338 g/mol. The van der Waals surface area contributed by atoms with Crippen molar-refractivity contribution in [2.75, 3.05) is 25.4 Å². The van der Waals surface area contributed by atoms with E-state index < -0.39 is 11.2 Å². The molecule has 1 aromatic heterocycles. The number of ketones is 1. The lowest BCUT2D eigenvalue weighted by Gasteiger charge is -2.36. The third-order valence-electron chi connectivity index (χ3n) is 4.39. The minimum absolute atomic E-state index is 0.0308. The van der Waals surface area contributed by atoms with E-state index in [1.165, 1.54) is 11.6 Å². The molecule has 8 heteroatoms. The van der Waals surface area contributed by atoms with Gasteiger partial charge in [0.1, 0.15) is 11.4 Å².